The Morgan fingerprint density at radius 3 is 2.65 bits per heavy atom. The molecule has 0 aromatic heterocycles. The minimum absolute atomic E-state index is 0.0386. The Kier molecular flexibility index (Phi) is 5.83. The molecule has 0 aliphatic carbocycles. The van der Waals surface area contributed by atoms with Crippen LogP contribution in [0.25, 0.3) is 0 Å². The zero-order valence-electron chi connectivity index (χ0n) is 14.2. The van der Waals surface area contributed by atoms with Gasteiger partial charge in [-0.3, -0.25) is 9.59 Å². The summed E-state index contributed by atoms with van der Waals surface area (Å²) >= 11 is 0. The van der Waals surface area contributed by atoms with E-state index in [2.05, 4.69) is 10.6 Å². The van der Waals surface area contributed by atoms with E-state index in [0.29, 0.717) is 42.4 Å². The smallest absolute Gasteiger partial charge is 0.252 e. The van der Waals surface area contributed by atoms with E-state index in [-0.39, 0.29) is 11.9 Å². The number of nitrogens with one attached hydrogen (secondary N) is 2. The van der Waals surface area contributed by atoms with Crippen molar-refractivity contribution in [3.05, 3.63) is 54.1 Å². The van der Waals surface area contributed by atoms with Gasteiger partial charge in [-0.25, -0.2) is 0 Å². The highest BCUT2D eigenvalue weighted by molar-refractivity contribution is 5.95. The molecule has 1 aliphatic heterocycles. The number of carbonyl (C=O) groups is 2. The number of hydrogen-bond donors (Lipinski definition) is 3. The number of carbonyl (C=O) groups excluding carboxylic acids is 2. The molecular formula is C19H21N3O4. The molecule has 1 aliphatic rings. The van der Waals surface area contributed by atoms with Gasteiger partial charge in [0.05, 0.1) is 18.8 Å². The van der Waals surface area contributed by atoms with Crippen molar-refractivity contribution in [2.75, 3.05) is 25.1 Å². The van der Waals surface area contributed by atoms with Crippen LogP contribution < -0.4 is 21.1 Å². The van der Waals surface area contributed by atoms with Gasteiger partial charge in [0.2, 0.25) is 5.91 Å². The quantitative estimate of drug-likeness (QED) is 0.734. The monoisotopic (exact) mass is 355 g/mol. The Labute approximate surface area is 151 Å². The molecule has 7 nitrogen and oxygen atoms in total. The highest BCUT2D eigenvalue weighted by Gasteiger charge is 2.17. The molecule has 136 valence electrons. The Morgan fingerprint density at radius 1 is 1.19 bits per heavy atom. The largest absolute Gasteiger partial charge is 0.457 e. The second-order valence-corrected chi connectivity index (χ2v) is 5.97. The summed E-state index contributed by atoms with van der Waals surface area (Å²) in [7, 11) is 0. The third-order valence-corrected chi connectivity index (χ3v) is 3.95. The molecule has 0 bridgehead atoms. The number of para-hydroxylation sites is 1. The number of amides is 2. The summed E-state index contributed by atoms with van der Waals surface area (Å²) in [5, 5.41) is 6.09. The van der Waals surface area contributed by atoms with Crippen LogP contribution in [0, 0.1) is 0 Å². The fraction of sp³-hybridized carbons (Fsp3) is 0.263. The second kappa shape index (κ2) is 8.46. The summed E-state index contributed by atoms with van der Waals surface area (Å²) in [5.74, 6) is 0.296. The zero-order chi connectivity index (χ0) is 18.4. The van der Waals surface area contributed by atoms with Crippen LogP contribution in [0.3, 0.4) is 0 Å². The van der Waals surface area contributed by atoms with E-state index < -0.39 is 5.91 Å². The SMILES string of the molecule is NC(=O)c1ccccc1Oc1ccc(NC(=O)CC2COCCN2)cc1. The first kappa shape index (κ1) is 17.9. The lowest BCUT2D eigenvalue weighted by atomic mass is 10.2. The standard InChI is InChI=1S/C19H21N3O4/c20-19(24)16-3-1-2-4-17(16)26-15-7-5-13(6-8-15)22-18(23)11-14-12-25-10-9-21-14/h1-8,14,21H,9-12H2,(H2,20,24)(H,22,23). The van der Waals surface area contributed by atoms with E-state index in [0.717, 1.165) is 6.54 Å². The van der Waals surface area contributed by atoms with Crippen molar-refractivity contribution in [2.24, 2.45) is 5.73 Å². The molecule has 0 radical (unpaired) electrons. The number of benzene rings is 2. The maximum absolute atomic E-state index is 12.1. The van der Waals surface area contributed by atoms with Crippen molar-refractivity contribution in [2.45, 2.75) is 12.5 Å². The van der Waals surface area contributed by atoms with Crippen molar-refractivity contribution in [1.29, 1.82) is 0 Å². The average Bonchev–Trinajstić information content (AvgIpc) is 2.64. The first-order valence-corrected chi connectivity index (χ1v) is 8.39. The minimum Gasteiger partial charge on any atom is -0.457 e. The topological polar surface area (TPSA) is 103 Å². The minimum atomic E-state index is -0.551. The Morgan fingerprint density at radius 2 is 1.96 bits per heavy atom. The number of rotatable bonds is 6. The van der Waals surface area contributed by atoms with Crippen LogP contribution in [0.2, 0.25) is 0 Å². The first-order chi connectivity index (χ1) is 12.6. The number of anilines is 1. The van der Waals surface area contributed by atoms with Crippen LogP contribution in [-0.4, -0.2) is 37.6 Å². The Bertz CT molecular complexity index is 771. The number of primary amides is 1. The average molecular weight is 355 g/mol. The molecule has 2 amide bonds. The molecule has 2 aromatic carbocycles. The van der Waals surface area contributed by atoms with Crippen molar-refractivity contribution >= 4 is 17.5 Å². The van der Waals surface area contributed by atoms with Crippen LogP contribution in [0.4, 0.5) is 5.69 Å². The van der Waals surface area contributed by atoms with Crippen molar-refractivity contribution < 1.29 is 19.1 Å². The predicted molar refractivity (Wildman–Crippen MR) is 97.3 cm³/mol. The summed E-state index contributed by atoms with van der Waals surface area (Å²) in [4.78, 5) is 23.5. The predicted octanol–water partition coefficient (Wildman–Crippen LogP) is 1.89. The molecule has 1 heterocycles. The normalized spacial score (nSPS) is 16.7. The van der Waals surface area contributed by atoms with Crippen molar-refractivity contribution in [3.63, 3.8) is 0 Å². The first-order valence-electron chi connectivity index (χ1n) is 8.39. The fourth-order valence-corrected chi connectivity index (χ4v) is 2.68. The lowest BCUT2D eigenvalue weighted by Gasteiger charge is -2.23. The van der Waals surface area contributed by atoms with Crippen LogP contribution >= 0.6 is 0 Å². The van der Waals surface area contributed by atoms with Gasteiger partial charge in [-0.2, -0.15) is 0 Å². The lowest BCUT2D eigenvalue weighted by molar-refractivity contribution is -0.117. The van der Waals surface area contributed by atoms with Crippen molar-refractivity contribution in [1.82, 2.24) is 5.32 Å². The third-order valence-electron chi connectivity index (χ3n) is 3.95. The Hall–Kier alpha value is -2.90. The van der Waals surface area contributed by atoms with Crippen LogP contribution in [0.1, 0.15) is 16.8 Å². The van der Waals surface area contributed by atoms with E-state index in [9.17, 15) is 9.59 Å². The molecule has 2 aromatic rings. The van der Waals surface area contributed by atoms with Gasteiger partial charge < -0.3 is 25.8 Å². The van der Waals surface area contributed by atoms with Gasteiger partial charge in [0.25, 0.3) is 5.91 Å². The number of morpholine rings is 1. The van der Waals surface area contributed by atoms with Crippen LogP contribution in [0.15, 0.2) is 48.5 Å². The molecule has 0 saturated carbocycles. The maximum atomic E-state index is 12.1. The molecule has 1 fully saturated rings. The molecule has 0 spiro atoms. The molecule has 1 unspecified atom stereocenters. The number of hydrogen-bond acceptors (Lipinski definition) is 5. The van der Waals surface area contributed by atoms with Gasteiger partial charge in [0.1, 0.15) is 11.5 Å². The molecule has 1 atom stereocenters. The van der Waals surface area contributed by atoms with E-state index in [4.69, 9.17) is 15.2 Å². The molecule has 3 rings (SSSR count). The second-order valence-electron chi connectivity index (χ2n) is 5.97. The van der Waals surface area contributed by atoms with E-state index in [1.165, 1.54) is 0 Å². The van der Waals surface area contributed by atoms with Gasteiger partial charge >= 0.3 is 0 Å². The molecule has 26 heavy (non-hydrogen) atoms. The van der Waals surface area contributed by atoms with Gasteiger partial charge in [-0.15, -0.1) is 0 Å². The van der Waals surface area contributed by atoms with E-state index in [1.807, 2.05) is 0 Å². The number of ether oxygens (including phenoxy) is 2. The van der Waals surface area contributed by atoms with Gasteiger partial charge in [-0.05, 0) is 36.4 Å². The van der Waals surface area contributed by atoms with Crippen molar-refractivity contribution in [3.8, 4) is 11.5 Å². The van der Waals surface area contributed by atoms with Crippen LogP contribution in [0.5, 0.6) is 11.5 Å². The third kappa shape index (κ3) is 4.81. The highest BCUT2D eigenvalue weighted by Crippen LogP contribution is 2.26. The van der Waals surface area contributed by atoms with Gasteiger partial charge in [0, 0.05) is 24.7 Å². The summed E-state index contributed by atoms with van der Waals surface area (Å²) < 4.78 is 11.1. The summed E-state index contributed by atoms with van der Waals surface area (Å²) in [6.45, 7) is 1.98. The fourth-order valence-electron chi connectivity index (χ4n) is 2.68. The number of nitrogens with two attached hydrogens (primary N) is 1. The summed E-state index contributed by atoms with van der Waals surface area (Å²) in [5.41, 5.74) is 6.32. The highest BCUT2D eigenvalue weighted by atomic mass is 16.5. The lowest BCUT2D eigenvalue weighted by Crippen LogP contribution is -2.43. The molecule has 7 heteroatoms. The molecule has 1 saturated heterocycles. The zero-order valence-corrected chi connectivity index (χ0v) is 14.2. The van der Waals surface area contributed by atoms with E-state index >= 15 is 0 Å². The Balaban J connectivity index is 1.58. The van der Waals surface area contributed by atoms with Gasteiger partial charge in [0.15, 0.2) is 0 Å². The van der Waals surface area contributed by atoms with E-state index in [1.54, 1.807) is 48.5 Å². The molecule has 4 N–H and O–H groups in total. The summed E-state index contributed by atoms with van der Waals surface area (Å²) in [6.07, 6.45) is 0.351. The maximum Gasteiger partial charge on any atom is 0.252 e. The summed E-state index contributed by atoms with van der Waals surface area (Å²) in [6, 6.07) is 13.7. The van der Waals surface area contributed by atoms with Crippen LogP contribution in [-0.2, 0) is 9.53 Å². The molecular weight excluding hydrogens is 334 g/mol. The van der Waals surface area contributed by atoms with Gasteiger partial charge in [-0.1, -0.05) is 12.1 Å².